The van der Waals surface area contributed by atoms with Gasteiger partial charge < -0.3 is 14.2 Å². The van der Waals surface area contributed by atoms with Gasteiger partial charge in [-0.1, -0.05) is 13.0 Å². The summed E-state index contributed by atoms with van der Waals surface area (Å²) < 4.78 is 15.4. The molecule has 26 heavy (non-hydrogen) atoms. The van der Waals surface area contributed by atoms with Crippen molar-refractivity contribution in [3.05, 3.63) is 51.3 Å². The molecule has 0 aliphatic carbocycles. The van der Waals surface area contributed by atoms with Crippen LogP contribution < -0.4 is 9.47 Å². The Morgan fingerprint density at radius 3 is 2.38 bits per heavy atom. The second-order valence-electron chi connectivity index (χ2n) is 5.23. The van der Waals surface area contributed by atoms with Crippen LogP contribution in [0.1, 0.15) is 35.1 Å². The number of rotatable bonds is 9. The molecular weight excluding hydrogens is 342 g/mol. The molecule has 0 aliphatic rings. The van der Waals surface area contributed by atoms with E-state index in [1.807, 2.05) is 6.92 Å². The van der Waals surface area contributed by atoms with Crippen molar-refractivity contribution >= 4 is 11.5 Å². The number of nitrogens with zero attached hydrogens (tertiary/aromatic N) is 3. The number of nitro groups is 1. The summed E-state index contributed by atoms with van der Waals surface area (Å²) >= 11 is 0. The Balaban J connectivity index is 2.48. The molecule has 0 spiro atoms. The SMILES string of the molecule is CCCOCc1cccc(C(=O)c2nc(OC)cc(OC)n2)c1[N+](=O)[O-]. The number of ketones is 1. The number of carbonyl (C=O) groups is 1. The van der Waals surface area contributed by atoms with E-state index in [1.54, 1.807) is 12.1 Å². The molecule has 1 aromatic heterocycles. The number of hydrogen-bond acceptors (Lipinski definition) is 8. The van der Waals surface area contributed by atoms with Crippen LogP contribution in [0.2, 0.25) is 0 Å². The Hall–Kier alpha value is -3.07. The summed E-state index contributed by atoms with van der Waals surface area (Å²) in [4.78, 5) is 31.7. The van der Waals surface area contributed by atoms with Crippen molar-refractivity contribution in [3.8, 4) is 11.8 Å². The molecule has 138 valence electrons. The lowest BCUT2D eigenvalue weighted by Crippen LogP contribution is -2.12. The van der Waals surface area contributed by atoms with E-state index in [0.717, 1.165) is 6.42 Å². The minimum Gasteiger partial charge on any atom is -0.481 e. The summed E-state index contributed by atoms with van der Waals surface area (Å²) in [5, 5.41) is 11.6. The minimum atomic E-state index is -0.703. The molecule has 0 aliphatic heterocycles. The third kappa shape index (κ3) is 4.31. The van der Waals surface area contributed by atoms with Crippen LogP contribution in [0.5, 0.6) is 11.8 Å². The van der Waals surface area contributed by atoms with Gasteiger partial charge >= 0.3 is 0 Å². The molecule has 0 unspecified atom stereocenters. The van der Waals surface area contributed by atoms with E-state index in [0.29, 0.717) is 12.2 Å². The Bertz CT molecular complexity index is 787. The van der Waals surface area contributed by atoms with E-state index in [4.69, 9.17) is 14.2 Å². The Morgan fingerprint density at radius 1 is 1.19 bits per heavy atom. The zero-order chi connectivity index (χ0) is 19.1. The first-order valence-electron chi connectivity index (χ1n) is 7.87. The van der Waals surface area contributed by atoms with Gasteiger partial charge in [0, 0.05) is 6.61 Å². The number of hydrogen-bond donors (Lipinski definition) is 0. The Labute approximate surface area is 150 Å². The lowest BCUT2D eigenvalue weighted by atomic mass is 10.0. The third-order valence-corrected chi connectivity index (χ3v) is 3.45. The monoisotopic (exact) mass is 361 g/mol. The van der Waals surface area contributed by atoms with Gasteiger partial charge in [-0.2, -0.15) is 9.97 Å². The van der Waals surface area contributed by atoms with Crippen LogP contribution in [0.3, 0.4) is 0 Å². The summed E-state index contributed by atoms with van der Waals surface area (Å²) in [5.74, 6) is -0.724. The number of carbonyl (C=O) groups excluding carboxylic acids is 1. The summed E-state index contributed by atoms with van der Waals surface area (Å²) in [6.07, 6.45) is 0.782. The van der Waals surface area contributed by atoms with Crippen LogP contribution >= 0.6 is 0 Å². The summed E-state index contributed by atoms with van der Waals surface area (Å²) in [7, 11) is 2.76. The summed E-state index contributed by atoms with van der Waals surface area (Å²) in [6, 6.07) is 5.87. The molecule has 0 fully saturated rings. The van der Waals surface area contributed by atoms with Crippen molar-refractivity contribution in [1.29, 1.82) is 0 Å². The maximum Gasteiger partial charge on any atom is 0.286 e. The van der Waals surface area contributed by atoms with Gasteiger partial charge in [-0.05, 0) is 18.6 Å². The first kappa shape index (κ1) is 19.3. The number of methoxy groups -OCH3 is 2. The molecule has 2 rings (SSSR count). The van der Waals surface area contributed by atoms with Gasteiger partial charge in [0.15, 0.2) is 0 Å². The van der Waals surface area contributed by atoms with Crippen LogP contribution in [0.15, 0.2) is 24.3 Å². The number of benzene rings is 1. The van der Waals surface area contributed by atoms with Crippen LogP contribution in [-0.4, -0.2) is 41.5 Å². The van der Waals surface area contributed by atoms with Crippen LogP contribution in [-0.2, 0) is 11.3 Å². The Kier molecular flexibility index (Phi) is 6.56. The minimum absolute atomic E-state index is 0.0353. The van der Waals surface area contributed by atoms with Gasteiger partial charge in [-0.3, -0.25) is 14.9 Å². The summed E-state index contributed by atoms with van der Waals surface area (Å²) in [6.45, 7) is 2.43. The van der Waals surface area contributed by atoms with E-state index < -0.39 is 10.7 Å². The van der Waals surface area contributed by atoms with Gasteiger partial charge in [-0.25, -0.2) is 0 Å². The second kappa shape index (κ2) is 8.86. The average Bonchev–Trinajstić information content (AvgIpc) is 2.66. The highest BCUT2D eigenvalue weighted by atomic mass is 16.6. The van der Waals surface area contributed by atoms with Gasteiger partial charge in [-0.15, -0.1) is 0 Å². The molecule has 0 amide bonds. The predicted octanol–water partition coefficient (Wildman–Crippen LogP) is 2.56. The third-order valence-electron chi connectivity index (χ3n) is 3.45. The molecule has 1 heterocycles. The molecule has 0 bridgehead atoms. The molecule has 9 nitrogen and oxygen atoms in total. The first-order chi connectivity index (χ1) is 12.5. The lowest BCUT2D eigenvalue weighted by Gasteiger charge is -2.09. The van der Waals surface area contributed by atoms with Gasteiger partial charge in [0.05, 0.1) is 37.4 Å². The van der Waals surface area contributed by atoms with Crippen molar-refractivity contribution < 1.29 is 23.9 Å². The van der Waals surface area contributed by atoms with Crippen molar-refractivity contribution in [2.45, 2.75) is 20.0 Å². The average molecular weight is 361 g/mol. The van der Waals surface area contributed by atoms with Crippen LogP contribution in [0.25, 0.3) is 0 Å². The van der Waals surface area contributed by atoms with Gasteiger partial charge in [0.25, 0.3) is 5.69 Å². The number of para-hydroxylation sites is 1. The highest BCUT2D eigenvalue weighted by molar-refractivity contribution is 6.09. The molecule has 0 saturated carbocycles. The Morgan fingerprint density at radius 2 is 1.85 bits per heavy atom. The molecule has 0 atom stereocenters. The fourth-order valence-electron chi connectivity index (χ4n) is 2.27. The number of nitro benzene ring substituents is 1. The largest absolute Gasteiger partial charge is 0.481 e. The molecule has 0 N–H and O–H groups in total. The maximum absolute atomic E-state index is 12.8. The zero-order valence-electron chi connectivity index (χ0n) is 14.7. The molecular formula is C17H19N3O6. The predicted molar refractivity (Wildman–Crippen MR) is 91.6 cm³/mol. The quantitative estimate of drug-likeness (QED) is 0.290. The number of aromatic nitrogens is 2. The first-order valence-corrected chi connectivity index (χ1v) is 7.87. The van der Waals surface area contributed by atoms with Crippen molar-refractivity contribution in [3.63, 3.8) is 0 Å². The van der Waals surface area contributed by atoms with Gasteiger partial charge in [0.2, 0.25) is 23.4 Å². The van der Waals surface area contributed by atoms with E-state index in [2.05, 4.69) is 9.97 Å². The van der Waals surface area contributed by atoms with Crippen LogP contribution in [0.4, 0.5) is 5.69 Å². The topological polar surface area (TPSA) is 114 Å². The van der Waals surface area contributed by atoms with E-state index in [1.165, 1.54) is 26.4 Å². The standard InChI is InChI=1S/C17H19N3O6/c1-4-8-26-10-11-6-5-7-12(15(11)20(22)23)16(21)17-18-13(24-2)9-14(19-17)25-3/h5-7,9H,4,8,10H2,1-3H3. The number of ether oxygens (including phenoxy) is 3. The van der Waals surface area contributed by atoms with Crippen molar-refractivity contribution in [1.82, 2.24) is 9.97 Å². The maximum atomic E-state index is 12.8. The smallest absolute Gasteiger partial charge is 0.286 e. The van der Waals surface area contributed by atoms with Crippen molar-refractivity contribution in [2.24, 2.45) is 0 Å². The summed E-state index contributed by atoms with van der Waals surface area (Å²) in [5.41, 5.74) is -0.133. The fraction of sp³-hybridized carbons (Fsp3) is 0.353. The molecule has 1 aromatic carbocycles. The van der Waals surface area contributed by atoms with E-state index in [9.17, 15) is 14.9 Å². The van der Waals surface area contributed by atoms with E-state index >= 15 is 0 Å². The second-order valence-corrected chi connectivity index (χ2v) is 5.23. The molecule has 0 saturated heterocycles. The normalized spacial score (nSPS) is 10.4. The van der Waals surface area contributed by atoms with Crippen LogP contribution in [0, 0.1) is 10.1 Å². The lowest BCUT2D eigenvalue weighted by molar-refractivity contribution is -0.386. The highest BCUT2D eigenvalue weighted by Crippen LogP contribution is 2.27. The zero-order valence-corrected chi connectivity index (χ0v) is 14.7. The van der Waals surface area contributed by atoms with Gasteiger partial charge in [0.1, 0.15) is 5.56 Å². The van der Waals surface area contributed by atoms with E-state index in [-0.39, 0.29) is 35.4 Å². The highest BCUT2D eigenvalue weighted by Gasteiger charge is 2.27. The fourth-order valence-corrected chi connectivity index (χ4v) is 2.27. The molecule has 9 heteroatoms. The molecule has 0 radical (unpaired) electrons. The molecule has 2 aromatic rings. The van der Waals surface area contributed by atoms with Crippen molar-refractivity contribution in [2.75, 3.05) is 20.8 Å².